The lowest BCUT2D eigenvalue weighted by Crippen LogP contribution is -1.75. The van der Waals surface area contributed by atoms with Crippen LogP contribution in [0.5, 0.6) is 0 Å². The Morgan fingerprint density at radius 2 is 2.33 bits per heavy atom. The first kappa shape index (κ1) is 6.69. The Bertz CT molecular complexity index is 58.6. The highest BCUT2D eigenvalue weighted by atomic mass is 127. The Balaban J connectivity index is 3.22. The molecule has 0 aromatic heterocycles. The number of halogens is 1. The summed E-state index contributed by atoms with van der Waals surface area (Å²) in [5.74, 6) is 0. The summed E-state index contributed by atoms with van der Waals surface area (Å²) < 4.78 is 0. The molecule has 0 unspecified atom stereocenters. The molecule has 36 valence electrons. The van der Waals surface area contributed by atoms with E-state index in [1.165, 1.54) is 0 Å². The molecule has 0 aromatic carbocycles. The van der Waals surface area contributed by atoms with Crippen LogP contribution >= 0.6 is 21.8 Å². The number of allylic oxidation sites excluding steroid dienone is 2. The van der Waals surface area contributed by atoms with Crippen LogP contribution in [0.3, 0.4) is 0 Å². The van der Waals surface area contributed by atoms with E-state index in [2.05, 4.69) is 41.7 Å². The average molecular weight is 212 g/mol. The van der Waals surface area contributed by atoms with Gasteiger partial charge in [0, 0.05) is 0 Å². The van der Waals surface area contributed by atoms with Gasteiger partial charge in [-0.1, -0.05) is 11.3 Å². The van der Waals surface area contributed by atoms with E-state index in [1.54, 1.807) is 5.20 Å². The second-order valence-electron chi connectivity index (χ2n) is 1.27. The summed E-state index contributed by atoms with van der Waals surface area (Å²) >= 11 is 2.48. The standard InChI is InChI=1S/C4H9ISi/c1-3-4(2)6-5/h3H,6H2,1-2H3. The molecular weight excluding hydrogens is 203 g/mol. The van der Waals surface area contributed by atoms with Gasteiger partial charge in [-0.15, -0.1) is 21.8 Å². The lowest BCUT2D eigenvalue weighted by molar-refractivity contribution is 1.59. The van der Waals surface area contributed by atoms with Crippen LogP contribution in [-0.2, 0) is 0 Å². The van der Waals surface area contributed by atoms with E-state index in [0.29, 0.717) is 0 Å². The maximum atomic E-state index is 2.48. The summed E-state index contributed by atoms with van der Waals surface area (Å²) in [5.41, 5.74) is 0. The fraction of sp³-hybridized carbons (Fsp3) is 0.500. The van der Waals surface area contributed by atoms with Crippen molar-refractivity contribution in [1.29, 1.82) is 0 Å². The van der Waals surface area contributed by atoms with Crippen LogP contribution in [0.15, 0.2) is 11.3 Å². The molecule has 0 radical (unpaired) electrons. The molecule has 0 aliphatic rings. The zero-order chi connectivity index (χ0) is 4.99. The van der Waals surface area contributed by atoms with Crippen molar-refractivity contribution in [3.8, 4) is 0 Å². The molecule has 0 heterocycles. The third kappa shape index (κ3) is 2.90. The first-order valence-corrected chi connectivity index (χ1v) is 7.81. The molecule has 6 heavy (non-hydrogen) atoms. The van der Waals surface area contributed by atoms with Gasteiger partial charge in [-0.2, -0.15) is 0 Å². The quantitative estimate of drug-likeness (QED) is 0.350. The van der Waals surface area contributed by atoms with E-state index >= 15 is 0 Å². The lowest BCUT2D eigenvalue weighted by atomic mass is 10.6. The Morgan fingerprint density at radius 3 is 2.33 bits per heavy atom. The van der Waals surface area contributed by atoms with Crippen molar-refractivity contribution in [2.45, 2.75) is 13.8 Å². The lowest BCUT2D eigenvalue weighted by Gasteiger charge is -1.82. The zero-order valence-corrected chi connectivity index (χ0v) is 7.73. The molecule has 0 spiro atoms. The van der Waals surface area contributed by atoms with Gasteiger partial charge in [0.05, 0.1) is 0 Å². The van der Waals surface area contributed by atoms with Crippen LogP contribution < -0.4 is 0 Å². The molecule has 0 saturated carbocycles. The van der Waals surface area contributed by atoms with Crippen molar-refractivity contribution in [1.82, 2.24) is 0 Å². The first-order chi connectivity index (χ1) is 2.81. The van der Waals surface area contributed by atoms with Crippen LogP contribution in [-0.4, -0.2) is 7.02 Å². The van der Waals surface area contributed by atoms with Gasteiger partial charge in [-0.25, -0.2) is 0 Å². The average Bonchev–Trinajstić information content (AvgIpc) is 1.65. The molecule has 0 bridgehead atoms. The molecule has 2 heteroatoms. The monoisotopic (exact) mass is 212 g/mol. The van der Waals surface area contributed by atoms with Gasteiger partial charge in [-0.3, -0.25) is 0 Å². The van der Waals surface area contributed by atoms with E-state index < -0.39 is 0 Å². The van der Waals surface area contributed by atoms with E-state index in [9.17, 15) is 0 Å². The smallest absolute Gasteiger partial charge is 0.120 e. The number of rotatable bonds is 1. The van der Waals surface area contributed by atoms with E-state index in [-0.39, 0.29) is 7.02 Å². The van der Waals surface area contributed by atoms with Crippen molar-refractivity contribution in [3.05, 3.63) is 11.3 Å². The van der Waals surface area contributed by atoms with Crippen molar-refractivity contribution in [3.63, 3.8) is 0 Å². The predicted molar refractivity (Wildman–Crippen MR) is 42.0 cm³/mol. The van der Waals surface area contributed by atoms with Crippen LogP contribution in [0.1, 0.15) is 13.8 Å². The van der Waals surface area contributed by atoms with Gasteiger partial charge in [0.1, 0.15) is 7.02 Å². The minimum Gasteiger partial charge on any atom is -0.122 e. The SMILES string of the molecule is CC=C(C)[SiH2]I. The number of hydrogen-bond acceptors (Lipinski definition) is 0. The summed E-state index contributed by atoms with van der Waals surface area (Å²) in [6.07, 6.45) is 2.19. The van der Waals surface area contributed by atoms with Crippen LogP contribution in [0.25, 0.3) is 0 Å². The number of hydrogen-bond donors (Lipinski definition) is 0. The van der Waals surface area contributed by atoms with Gasteiger partial charge in [-0.05, 0) is 13.8 Å². The summed E-state index contributed by atoms with van der Waals surface area (Å²) in [7, 11) is 0.169. The van der Waals surface area contributed by atoms with Gasteiger partial charge >= 0.3 is 0 Å². The van der Waals surface area contributed by atoms with Gasteiger partial charge in [0.15, 0.2) is 0 Å². The third-order valence-electron chi connectivity index (χ3n) is 0.704. The molecule has 0 amide bonds. The summed E-state index contributed by atoms with van der Waals surface area (Å²) in [6, 6.07) is 0. The molecule has 0 aliphatic carbocycles. The second kappa shape index (κ2) is 3.86. The molecule has 0 atom stereocenters. The van der Waals surface area contributed by atoms with Crippen LogP contribution in [0.2, 0.25) is 0 Å². The van der Waals surface area contributed by atoms with Crippen molar-refractivity contribution in [2.24, 2.45) is 0 Å². The topological polar surface area (TPSA) is 0 Å². The first-order valence-electron chi connectivity index (χ1n) is 1.99. The highest BCUT2D eigenvalue weighted by Gasteiger charge is 1.76. The Labute approximate surface area is 54.1 Å². The summed E-state index contributed by atoms with van der Waals surface area (Å²) in [4.78, 5) is 0. The maximum absolute atomic E-state index is 2.48. The largest absolute Gasteiger partial charge is 0.122 e. The highest BCUT2D eigenvalue weighted by molar-refractivity contribution is 14.1. The predicted octanol–water partition coefficient (Wildman–Crippen LogP) is 1.43. The highest BCUT2D eigenvalue weighted by Crippen LogP contribution is 1.91. The minimum atomic E-state index is 0.169. The third-order valence-corrected chi connectivity index (χ3v) is 5.14. The maximum Gasteiger partial charge on any atom is 0.120 e. The van der Waals surface area contributed by atoms with Crippen molar-refractivity contribution < 1.29 is 0 Å². The molecule has 0 saturated heterocycles. The Morgan fingerprint density at radius 1 is 1.83 bits per heavy atom. The molecule has 0 fully saturated rings. The summed E-state index contributed by atoms with van der Waals surface area (Å²) in [5, 5.41) is 1.59. The van der Waals surface area contributed by atoms with Gasteiger partial charge in [0.2, 0.25) is 0 Å². The van der Waals surface area contributed by atoms with Crippen molar-refractivity contribution in [2.75, 3.05) is 0 Å². The van der Waals surface area contributed by atoms with Crippen LogP contribution in [0, 0.1) is 0 Å². The Hall–Kier alpha value is 0.687. The van der Waals surface area contributed by atoms with Gasteiger partial charge in [0.25, 0.3) is 0 Å². The fourth-order valence-electron chi connectivity index (χ4n) is 0.0772. The van der Waals surface area contributed by atoms with Crippen molar-refractivity contribution >= 4 is 28.8 Å². The van der Waals surface area contributed by atoms with E-state index in [1.807, 2.05) is 0 Å². The van der Waals surface area contributed by atoms with Crippen LogP contribution in [0.4, 0.5) is 0 Å². The van der Waals surface area contributed by atoms with E-state index in [0.717, 1.165) is 0 Å². The molecule has 0 aromatic rings. The molecule has 0 N–H and O–H groups in total. The molecular formula is C4H9ISi. The minimum absolute atomic E-state index is 0.169. The second-order valence-corrected chi connectivity index (χ2v) is 4.94. The zero-order valence-electron chi connectivity index (χ0n) is 4.16. The van der Waals surface area contributed by atoms with E-state index in [4.69, 9.17) is 0 Å². The normalized spacial score (nSPS) is 14.2. The fourth-order valence-corrected chi connectivity index (χ4v) is 1.55. The van der Waals surface area contributed by atoms with Gasteiger partial charge < -0.3 is 0 Å². The molecule has 0 nitrogen and oxygen atoms in total. The molecule has 0 rings (SSSR count). The Kier molecular flexibility index (Phi) is 4.30. The molecule has 0 aliphatic heterocycles. The summed E-state index contributed by atoms with van der Waals surface area (Å²) in [6.45, 7) is 4.29.